The van der Waals surface area contributed by atoms with Crippen LogP contribution in [0.1, 0.15) is 12.0 Å². The molecule has 1 aliphatic rings. The Labute approximate surface area is 213 Å². The fourth-order valence-electron chi connectivity index (χ4n) is 4.46. The standard InChI is InChI=1S/C25H26ClN5O4S/c1-17-3-8-22-28-24-20(25(32)31(22)16-17)15-21(36(33,34)19-6-4-18(26)5-7-19)23(27)30(24)10-2-9-29-11-13-35-14-12-29/h3-8,15-16,27H,2,9-14H2,1H3. The molecule has 3 aromatic heterocycles. The number of nitrogens with one attached hydrogen (secondary N) is 1. The normalized spacial score (nSPS) is 15.1. The van der Waals surface area contributed by atoms with Crippen LogP contribution in [-0.4, -0.2) is 60.1 Å². The highest BCUT2D eigenvalue weighted by Crippen LogP contribution is 2.22. The zero-order valence-electron chi connectivity index (χ0n) is 19.8. The number of benzene rings is 1. The number of ether oxygens (including phenoxy) is 1. The molecule has 1 saturated heterocycles. The van der Waals surface area contributed by atoms with Crippen LogP contribution in [0.2, 0.25) is 5.02 Å². The quantitative estimate of drug-likeness (QED) is 0.386. The highest BCUT2D eigenvalue weighted by molar-refractivity contribution is 7.91. The number of sulfone groups is 1. The summed E-state index contributed by atoms with van der Waals surface area (Å²) in [6.45, 7) is 5.98. The SMILES string of the molecule is Cc1ccc2nc3c(cc(S(=O)(=O)c4ccc(Cl)cc4)c(=N)n3CCCN3CCOCC3)c(=O)n2c1. The van der Waals surface area contributed by atoms with Crippen LogP contribution < -0.4 is 11.0 Å². The van der Waals surface area contributed by atoms with Crippen molar-refractivity contribution in [1.29, 1.82) is 5.41 Å². The summed E-state index contributed by atoms with van der Waals surface area (Å²) >= 11 is 5.95. The largest absolute Gasteiger partial charge is 0.379 e. The number of fused-ring (bicyclic) bond motifs is 2. The van der Waals surface area contributed by atoms with Crippen molar-refractivity contribution in [2.75, 3.05) is 32.8 Å². The molecule has 1 aromatic carbocycles. The maximum atomic E-state index is 13.6. The fourth-order valence-corrected chi connectivity index (χ4v) is 5.97. The Bertz CT molecular complexity index is 1670. The molecule has 1 aliphatic heterocycles. The van der Waals surface area contributed by atoms with Gasteiger partial charge in [0, 0.05) is 37.4 Å². The Morgan fingerprint density at radius 3 is 2.53 bits per heavy atom. The monoisotopic (exact) mass is 527 g/mol. The van der Waals surface area contributed by atoms with Crippen molar-refractivity contribution >= 4 is 38.1 Å². The van der Waals surface area contributed by atoms with Crippen molar-refractivity contribution in [1.82, 2.24) is 18.9 Å². The second-order valence-corrected chi connectivity index (χ2v) is 11.2. The Morgan fingerprint density at radius 2 is 1.81 bits per heavy atom. The lowest BCUT2D eigenvalue weighted by atomic mass is 10.2. The molecule has 0 aliphatic carbocycles. The van der Waals surface area contributed by atoms with Gasteiger partial charge in [0.1, 0.15) is 21.7 Å². The molecule has 4 heterocycles. The lowest BCUT2D eigenvalue weighted by Crippen LogP contribution is -2.37. The lowest BCUT2D eigenvalue weighted by molar-refractivity contribution is 0.0369. The van der Waals surface area contributed by atoms with Crippen molar-refractivity contribution < 1.29 is 13.2 Å². The molecular weight excluding hydrogens is 502 g/mol. The number of halogens is 1. The molecule has 4 aromatic rings. The number of hydrogen-bond acceptors (Lipinski definition) is 7. The minimum atomic E-state index is -4.09. The third-order valence-electron chi connectivity index (χ3n) is 6.39. The first kappa shape index (κ1) is 24.6. The minimum Gasteiger partial charge on any atom is -0.379 e. The second kappa shape index (κ2) is 9.78. The molecule has 0 atom stereocenters. The average molecular weight is 528 g/mol. The third-order valence-corrected chi connectivity index (χ3v) is 8.43. The number of nitrogens with zero attached hydrogens (tertiary/aromatic N) is 4. The van der Waals surface area contributed by atoms with Crippen molar-refractivity contribution in [3.8, 4) is 0 Å². The van der Waals surface area contributed by atoms with Gasteiger partial charge in [-0.15, -0.1) is 0 Å². The summed E-state index contributed by atoms with van der Waals surface area (Å²) in [6, 6.07) is 10.7. The topological polar surface area (TPSA) is 110 Å². The van der Waals surface area contributed by atoms with Crippen LogP contribution in [0.3, 0.4) is 0 Å². The predicted octanol–water partition coefficient (Wildman–Crippen LogP) is 2.65. The lowest BCUT2D eigenvalue weighted by Gasteiger charge is -2.26. The van der Waals surface area contributed by atoms with Crippen LogP contribution in [0.15, 0.2) is 63.2 Å². The Kier molecular flexibility index (Phi) is 6.69. The number of aromatic nitrogens is 3. The van der Waals surface area contributed by atoms with E-state index in [0.717, 1.165) is 25.2 Å². The molecule has 11 heteroatoms. The highest BCUT2D eigenvalue weighted by atomic mass is 35.5. The van der Waals surface area contributed by atoms with Gasteiger partial charge in [0.05, 0.1) is 23.5 Å². The first-order chi connectivity index (χ1) is 17.3. The molecule has 0 radical (unpaired) electrons. The maximum Gasteiger partial charge on any atom is 0.267 e. The van der Waals surface area contributed by atoms with E-state index in [1.54, 1.807) is 16.8 Å². The van der Waals surface area contributed by atoms with Crippen molar-refractivity contribution in [3.05, 3.63) is 75.1 Å². The van der Waals surface area contributed by atoms with Gasteiger partial charge in [0.15, 0.2) is 0 Å². The molecule has 0 bridgehead atoms. The Hall–Kier alpha value is -3.05. The first-order valence-electron chi connectivity index (χ1n) is 11.7. The molecule has 36 heavy (non-hydrogen) atoms. The van der Waals surface area contributed by atoms with E-state index in [4.69, 9.17) is 21.7 Å². The van der Waals surface area contributed by atoms with Crippen LogP contribution in [0.4, 0.5) is 0 Å². The number of rotatable bonds is 6. The molecule has 0 saturated carbocycles. The zero-order chi connectivity index (χ0) is 25.4. The van der Waals surface area contributed by atoms with Crippen LogP contribution in [0, 0.1) is 12.3 Å². The first-order valence-corrected chi connectivity index (χ1v) is 13.5. The van der Waals surface area contributed by atoms with Gasteiger partial charge in [-0.2, -0.15) is 0 Å². The van der Waals surface area contributed by atoms with Gasteiger partial charge in [-0.05, 0) is 55.3 Å². The number of morpholine rings is 1. The fraction of sp³-hybridized carbons (Fsp3) is 0.320. The van der Waals surface area contributed by atoms with E-state index in [1.165, 1.54) is 34.7 Å². The number of hydrogen-bond donors (Lipinski definition) is 1. The van der Waals surface area contributed by atoms with E-state index in [0.29, 0.717) is 42.5 Å². The summed E-state index contributed by atoms with van der Waals surface area (Å²) in [7, 11) is -4.09. The van der Waals surface area contributed by atoms with E-state index in [9.17, 15) is 13.2 Å². The molecule has 9 nitrogen and oxygen atoms in total. The van der Waals surface area contributed by atoms with E-state index < -0.39 is 9.84 Å². The molecule has 5 rings (SSSR count). The molecule has 0 amide bonds. The van der Waals surface area contributed by atoms with Gasteiger partial charge in [-0.1, -0.05) is 17.7 Å². The van der Waals surface area contributed by atoms with Crippen LogP contribution >= 0.6 is 11.6 Å². The Balaban J connectivity index is 1.69. The second-order valence-electron chi connectivity index (χ2n) is 8.86. The summed E-state index contributed by atoms with van der Waals surface area (Å²) in [4.78, 5) is 20.2. The number of pyridine rings is 2. The van der Waals surface area contributed by atoms with E-state index >= 15 is 0 Å². The number of aryl methyl sites for hydroxylation is 2. The average Bonchev–Trinajstić information content (AvgIpc) is 2.87. The van der Waals surface area contributed by atoms with Gasteiger partial charge in [-0.3, -0.25) is 19.5 Å². The summed E-state index contributed by atoms with van der Waals surface area (Å²) in [5, 5.41) is 9.44. The minimum absolute atomic E-state index is 0.00399. The predicted molar refractivity (Wildman–Crippen MR) is 136 cm³/mol. The third kappa shape index (κ3) is 4.57. The van der Waals surface area contributed by atoms with Crippen LogP contribution in [0.25, 0.3) is 16.7 Å². The molecular formula is C25H26ClN5O4S. The van der Waals surface area contributed by atoms with Gasteiger partial charge in [-0.25, -0.2) is 13.4 Å². The van der Waals surface area contributed by atoms with Gasteiger partial charge < -0.3 is 9.30 Å². The summed E-state index contributed by atoms with van der Waals surface area (Å²) < 4.78 is 35.5. The van der Waals surface area contributed by atoms with Crippen LogP contribution in [0.5, 0.6) is 0 Å². The zero-order valence-corrected chi connectivity index (χ0v) is 21.3. The molecule has 0 spiro atoms. The highest BCUT2D eigenvalue weighted by Gasteiger charge is 2.24. The smallest absolute Gasteiger partial charge is 0.267 e. The van der Waals surface area contributed by atoms with E-state index in [2.05, 4.69) is 9.88 Å². The molecule has 1 N–H and O–H groups in total. The van der Waals surface area contributed by atoms with E-state index in [1.807, 2.05) is 13.0 Å². The van der Waals surface area contributed by atoms with Gasteiger partial charge in [0.25, 0.3) is 5.56 Å². The molecule has 0 unspecified atom stereocenters. The maximum absolute atomic E-state index is 13.6. The molecule has 1 fully saturated rings. The summed E-state index contributed by atoms with van der Waals surface area (Å²) in [6.07, 6.45) is 2.33. The van der Waals surface area contributed by atoms with Crippen molar-refractivity contribution in [2.45, 2.75) is 29.7 Å². The summed E-state index contributed by atoms with van der Waals surface area (Å²) in [5.74, 6) is 0. The van der Waals surface area contributed by atoms with Crippen molar-refractivity contribution in [2.24, 2.45) is 0 Å². The van der Waals surface area contributed by atoms with Gasteiger partial charge in [0.2, 0.25) is 9.84 Å². The Morgan fingerprint density at radius 1 is 1.08 bits per heavy atom. The van der Waals surface area contributed by atoms with Gasteiger partial charge >= 0.3 is 0 Å². The van der Waals surface area contributed by atoms with Crippen molar-refractivity contribution in [3.63, 3.8) is 0 Å². The summed E-state index contributed by atoms with van der Waals surface area (Å²) in [5.41, 5.74) is 1.02. The van der Waals surface area contributed by atoms with Crippen LogP contribution in [-0.2, 0) is 21.1 Å². The molecule has 188 valence electrons. The van der Waals surface area contributed by atoms with E-state index in [-0.39, 0.29) is 26.2 Å².